The number of rotatable bonds is 11. The Kier molecular flexibility index (Phi) is 9.88. The van der Waals surface area contributed by atoms with Gasteiger partial charge in [0.2, 0.25) is 0 Å². The first-order chi connectivity index (χ1) is 12.5. The van der Waals surface area contributed by atoms with E-state index in [9.17, 15) is 0 Å². The molecule has 0 aromatic heterocycles. The molecule has 0 heterocycles. The summed E-state index contributed by atoms with van der Waals surface area (Å²) < 4.78 is 16.1. The highest BCUT2D eigenvalue weighted by Gasteiger charge is 2.22. The summed E-state index contributed by atoms with van der Waals surface area (Å²) in [4.78, 5) is 4.76. The van der Waals surface area contributed by atoms with Crippen molar-refractivity contribution in [3.05, 3.63) is 23.8 Å². The first kappa shape index (κ1) is 22.1. The second-order valence-electron chi connectivity index (χ2n) is 6.63. The minimum absolute atomic E-state index is 0.132. The Morgan fingerprint density at radius 3 is 2.42 bits per heavy atom. The van der Waals surface area contributed by atoms with Crippen molar-refractivity contribution >= 4 is 5.96 Å². The van der Waals surface area contributed by atoms with Gasteiger partial charge in [0.25, 0.3) is 0 Å². The zero-order chi connectivity index (χ0) is 19.4. The Balaban J connectivity index is 2.76. The van der Waals surface area contributed by atoms with Gasteiger partial charge in [-0.05, 0) is 38.0 Å². The van der Waals surface area contributed by atoms with Crippen LogP contribution in [0, 0.1) is 0 Å². The summed E-state index contributed by atoms with van der Waals surface area (Å²) in [7, 11) is 3.30. The van der Waals surface area contributed by atoms with E-state index in [0.717, 1.165) is 55.7 Å². The van der Waals surface area contributed by atoms with Crippen LogP contribution in [0.3, 0.4) is 0 Å². The number of nitrogens with zero attached hydrogens (tertiary/aromatic N) is 1. The minimum Gasteiger partial charge on any atom is -0.493 e. The summed E-state index contributed by atoms with van der Waals surface area (Å²) in [5, 5.41) is 6.65. The van der Waals surface area contributed by atoms with E-state index in [4.69, 9.17) is 19.2 Å². The molecule has 0 amide bonds. The van der Waals surface area contributed by atoms with Gasteiger partial charge in [0.05, 0.1) is 20.8 Å². The summed E-state index contributed by atoms with van der Waals surface area (Å²) in [6.07, 6.45) is 0.956. The molecule has 2 N–H and O–H groups in total. The van der Waals surface area contributed by atoms with Crippen LogP contribution in [0.4, 0.5) is 0 Å². The molecule has 0 unspecified atom stereocenters. The molecule has 0 fully saturated rings. The van der Waals surface area contributed by atoms with Crippen LogP contribution in [0.15, 0.2) is 23.2 Å². The molecule has 0 aliphatic heterocycles. The van der Waals surface area contributed by atoms with Gasteiger partial charge in [-0.1, -0.05) is 19.9 Å². The molecule has 6 heteroatoms. The maximum atomic E-state index is 5.42. The van der Waals surface area contributed by atoms with Crippen molar-refractivity contribution in [2.75, 3.05) is 47.1 Å². The number of ether oxygens (including phenoxy) is 3. The third-order valence-corrected chi connectivity index (χ3v) is 4.10. The third-order valence-electron chi connectivity index (χ3n) is 4.10. The van der Waals surface area contributed by atoms with Gasteiger partial charge in [0, 0.05) is 31.7 Å². The molecule has 1 rings (SSSR count). The molecule has 6 nitrogen and oxygen atoms in total. The van der Waals surface area contributed by atoms with Crippen molar-refractivity contribution in [3.8, 4) is 11.5 Å². The summed E-state index contributed by atoms with van der Waals surface area (Å²) in [5.74, 6) is 2.31. The van der Waals surface area contributed by atoms with Crippen molar-refractivity contribution in [2.24, 2.45) is 4.99 Å². The van der Waals surface area contributed by atoms with Crippen molar-refractivity contribution in [1.29, 1.82) is 0 Å². The average molecular weight is 366 g/mol. The number of methoxy groups -OCH3 is 2. The van der Waals surface area contributed by atoms with Gasteiger partial charge in [0.15, 0.2) is 17.5 Å². The summed E-state index contributed by atoms with van der Waals surface area (Å²) >= 11 is 0. The second kappa shape index (κ2) is 11.6. The van der Waals surface area contributed by atoms with Crippen LogP contribution in [-0.2, 0) is 10.2 Å². The Labute approximate surface area is 158 Å². The Morgan fingerprint density at radius 2 is 1.81 bits per heavy atom. The second-order valence-corrected chi connectivity index (χ2v) is 6.63. The smallest absolute Gasteiger partial charge is 0.191 e. The average Bonchev–Trinajstić information content (AvgIpc) is 2.65. The van der Waals surface area contributed by atoms with E-state index < -0.39 is 0 Å². The topological polar surface area (TPSA) is 64.1 Å². The fraction of sp³-hybridized carbons (Fsp3) is 0.650. The van der Waals surface area contributed by atoms with Crippen LogP contribution in [-0.4, -0.2) is 53.0 Å². The Hall–Kier alpha value is -1.95. The van der Waals surface area contributed by atoms with Crippen molar-refractivity contribution in [2.45, 2.75) is 39.5 Å². The maximum Gasteiger partial charge on any atom is 0.191 e. The number of nitrogens with one attached hydrogen (secondary N) is 2. The van der Waals surface area contributed by atoms with Crippen LogP contribution in [0.25, 0.3) is 0 Å². The fourth-order valence-corrected chi connectivity index (χ4v) is 2.49. The molecule has 1 aromatic carbocycles. The van der Waals surface area contributed by atoms with Crippen molar-refractivity contribution in [3.63, 3.8) is 0 Å². The van der Waals surface area contributed by atoms with E-state index in [-0.39, 0.29) is 5.41 Å². The molecule has 26 heavy (non-hydrogen) atoms. The Morgan fingerprint density at radius 1 is 1.08 bits per heavy atom. The predicted molar refractivity (Wildman–Crippen MR) is 108 cm³/mol. The molecular weight excluding hydrogens is 330 g/mol. The number of hydrogen-bond donors (Lipinski definition) is 2. The Bertz CT molecular complexity index is 559. The molecule has 0 saturated carbocycles. The summed E-state index contributed by atoms with van der Waals surface area (Å²) in [6, 6.07) is 6.03. The maximum absolute atomic E-state index is 5.42. The number of guanidine groups is 1. The number of hydrogen-bond acceptors (Lipinski definition) is 4. The molecule has 0 aliphatic rings. The highest BCUT2D eigenvalue weighted by Crippen LogP contribution is 2.33. The molecule has 1 aromatic rings. The van der Waals surface area contributed by atoms with Crippen molar-refractivity contribution < 1.29 is 14.2 Å². The molecule has 0 bridgehead atoms. The van der Waals surface area contributed by atoms with E-state index in [1.165, 1.54) is 0 Å². The minimum atomic E-state index is -0.132. The first-order valence-corrected chi connectivity index (χ1v) is 9.30. The summed E-state index contributed by atoms with van der Waals surface area (Å²) in [5.41, 5.74) is 1.03. The monoisotopic (exact) mass is 365 g/mol. The lowest BCUT2D eigenvalue weighted by molar-refractivity contribution is 0.145. The van der Waals surface area contributed by atoms with Crippen LogP contribution in [0.5, 0.6) is 11.5 Å². The molecule has 0 atom stereocenters. The fourth-order valence-electron chi connectivity index (χ4n) is 2.49. The van der Waals surface area contributed by atoms with Gasteiger partial charge in [-0.25, -0.2) is 0 Å². The molecule has 148 valence electrons. The van der Waals surface area contributed by atoms with E-state index in [2.05, 4.69) is 37.5 Å². The number of benzene rings is 1. The van der Waals surface area contributed by atoms with E-state index in [0.29, 0.717) is 6.54 Å². The van der Waals surface area contributed by atoms with Gasteiger partial charge < -0.3 is 24.8 Å². The standard InChI is InChI=1S/C20H35N3O3/c1-7-21-19(22-12-9-13-26-8-2)23-15-20(3,4)16-10-11-17(24-5)18(14-16)25-6/h10-11,14H,7-9,12-13,15H2,1-6H3,(H2,21,22,23). The van der Waals surface area contributed by atoms with Crippen LogP contribution < -0.4 is 20.1 Å². The van der Waals surface area contributed by atoms with Gasteiger partial charge in [-0.3, -0.25) is 4.99 Å². The predicted octanol–water partition coefficient (Wildman–Crippen LogP) is 2.96. The van der Waals surface area contributed by atoms with Crippen LogP contribution in [0.1, 0.15) is 39.7 Å². The van der Waals surface area contributed by atoms with Crippen LogP contribution in [0.2, 0.25) is 0 Å². The van der Waals surface area contributed by atoms with Gasteiger partial charge >= 0.3 is 0 Å². The van der Waals surface area contributed by atoms with Gasteiger partial charge in [0.1, 0.15) is 0 Å². The normalized spacial score (nSPS) is 12.0. The van der Waals surface area contributed by atoms with E-state index >= 15 is 0 Å². The molecular formula is C20H35N3O3. The molecule has 0 saturated heterocycles. The molecule has 0 aliphatic carbocycles. The zero-order valence-electron chi connectivity index (χ0n) is 17.1. The lowest BCUT2D eigenvalue weighted by Crippen LogP contribution is -2.39. The third kappa shape index (κ3) is 7.12. The number of aliphatic imine (C=N–C) groups is 1. The van der Waals surface area contributed by atoms with Gasteiger partial charge in [-0.2, -0.15) is 0 Å². The highest BCUT2D eigenvalue weighted by molar-refractivity contribution is 5.79. The SMILES string of the molecule is CCNC(=NCC(C)(C)c1ccc(OC)c(OC)c1)NCCCOCC. The lowest BCUT2D eigenvalue weighted by Gasteiger charge is -2.25. The van der Waals surface area contributed by atoms with Gasteiger partial charge in [-0.15, -0.1) is 0 Å². The highest BCUT2D eigenvalue weighted by atomic mass is 16.5. The van der Waals surface area contributed by atoms with Crippen LogP contribution >= 0.6 is 0 Å². The quantitative estimate of drug-likeness (QED) is 0.359. The zero-order valence-corrected chi connectivity index (χ0v) is 17.1. The largest absolute Gasteiger partial charge is 0.493 e. The molecule has 0 radical (unpaired) electrons. The lowest BCUT2D eigenvalue weighted by atomic mass is 9.84. The van der Waals surface area contributed by atoms with E-state index in [1.54, 1.807) is 14.2 Å². The molecule has 0 spiro atoms. The first-order valence-electron chi connectivity index (χ1n) is 9.30. The van der Waals surface area contributed by atoms with E-state index in [1.807, 2.05) is 19.1 Å². The summed E-state index contributed by atoms with van der Waals surface area (Å²) in [6.45, 7) is 12.3. The van der Waals surface area contributed by atoms with Crippen molar-refractivity contribution in [1.82, 2.24) is 10.6 Å².